The summed E-state index contributed by atoms with van der Waals surface area (Å²) in [4.78, 5) is 3.36. The number of ether oxygens (including phenoxy) is 1. The number of rotatable bonds is 2. The molecule has 3 nitrogen and oxygen atoms in total. The van der Waals surface area contributed by atoms with Crippen LogP contribution in [0.4, 0.5) is 26.3 Å². The summed E-state index contributed by atoms with van der Waals surface area (Å²) in [5, 5.41) is 0. The van der Waals surface area contributed by atoms with Crippen LogP contribution >= 0.6 is 0 Å². The van der Waals surface area contributed by atoms with Crippen LogP contribution in [0.1, 0.15) is 11.1 Å². The minimum Gasteiger partial charge on any atom is -0.417 e. The lowest BCUT2D eigenvalue weighted by molar-refractivity contribution is -0.162. The van der Waals surface area contributed by atoms with E-state index >= 15 is 0 Å². The van der Waals surface area contributed by atoms with E-state index in [4.69, 9.17) is 4.74 Å². The van der Waals surface area contributed by atoms with Crippen molar-refractivity contribution in [3.05, 3.63) is 41.8 Å². The fraction of sp³-hybridized carbons (Fsp3) is 0.182. The average molecular weight is 296 g/mol. The molecule has 0 saturated carbocycles. The molecule has 1 heterocycles. The van der Waals surface area contributed by atoms with Crippen LogP contribution in [0.3, 0.4) is 0 Å². The number of hydrogen-bond donors (Lipinski definition) is 0. The van der Waals surface area contributed by atoms with Gasteiger partial charge in [0.05, 0.1) is 11.1 Å². The van der Waals surface area contributed by atoms with E-state index in [2.05, 4.69) is 15.6 Å². The molecule has 2 rings (SSSR count). The summed E-state index contributed by atoms with van der Waals surface area (Å²) < 4.78 is 84.8. The number of alkyl halides is 6. The van der Waals surface area contributed by atoms with E-state index < -0.39 is 35.3 Å². The molecular weight excluding hydrogens is 292 g/mol. The molecule has 1 radical (unpaired) electrons. The largest absolute Gasteiger partial charge is 0.417 e. The highest BCUT2D eigenvalue weighted by Crippen LogP contribution is 2.42. The first-order chi connectivity index (χ1) is 9.18. The van der Waals surface area contributed by atoms with Crippen LogP contribution in [0.5, 0.6) is 11.8 Å². The van der Waals surface area contributed by atoms with Crippen LogP contribution in [0.2, 0.25) is 0 Å². The van der Waals surface area contributed by atoms with Crippen molar-refractivity contribution in [1.29, 1.82) is 0 Å². The predicted octanol–water partition coefficient (Wildman–Crippen LogP) is 4.30. The van der Waals surface area contributed by atoms with Crippen molar-refractivity contribution >= 4 is 0 Å². The Hall–Kier alpha value is -2.19. The molecule has 2 aromatic rings. The van der Waals surface area contributed by atoms with Gasteiger partial charge in [-0.1, -0.05) is 0 Å². The summed E-state index contributed by atoms with van der Waals surface area (Å²) >= 11 is 0. The Balaban J connectivity index is 2.44. The lowest BCUT2D eigenvalue weighted by Crippen LogP contribution is -2.16. The summed E-state index contributed by atoms with van der Waals surface area (Å²) in [5.41, 5.74) is -3.64. The van der Waals surface area contributed by atoms with Gasteiger partial charge in [0.15, 0.2) is 0 Å². The third-order valence-electron chi connectivity index (χ3n) is 2.18. The van der Waals surface area contributed by atoms with Crippen molar-refractivity contribution in [2.24, 2.45) is 0 Å². The molecule has 0 saturated heterocycles. The maximum absolute atomic E-state index is 12.6. The number of aromatic nitrogens is 1. The predicted molar refractivity (Wildman–Crippen MR) is 51.9 cm³/mol. The summed E-state index contributed by atoms with van der Waals surface area (Å²) in [7, 11) is 0. The lowest BCUT2D eigenvalue weighted by Gasteiger charge is -2.16. The standard InChI is InChI=1S/C11H4F6NO2/c12-10(13,14)7-2-1-6(5-8(7)11(15,16)17)20-9-18-3-4-19-9/h1-2,4-5H. The molecule has 0 amide bonds. The average Bonchev–Trinajstić information content (AvgIpc) is 2.79. The van der Waals surface area contributed by atoms with Gasteiger partial charge in [0, 0.05) is 0 Å². The number of nitrogens with zero attached hydrogens (tertiary/aromatic N) is 1. The molecule has 0 spiro atoms. The van der Waals surface area contributed by atoms with Gasteiger partial charge in [-0.05, 0) is 18.2 Å². The van der Waals surface area contributed by atoms with E-state index in [9.17, 15) is 26.3 Å². The molecule has 1 aromatic heterocycles. The molecule has 0 aliphatic heterocycles. The Morgan fingerprint density at radius 2 is 1.65 bits per heavy atom. The molecule has 20 heavy (non-hydrogen) atoms. The molecule has 0 bridgehead atoms. The Kier molecular flexibility index (Phi) is 3.36. The quantitative estimate of drug-likeness (QED) is 0.775. The Morgan fingerprint density at radius 3 is 2.15 bits per heavy atom. The Labute approximate surface area is 107 Å². The molecule has 0 unspecified atom stereocenters. The number of oxazole rings is 1. The Morgan fingerprint density at radius 1 is 1.00 bits per heavy atom. The van der Waals surface area contributed by atoms with Crippen LogP contribution in [0, 0.1) is 6.20 Å². The number of benzene rings is 1. The zero-order chi connectivity index (χ0) is 15.0. The minimum atomic E-state index is -5.17. The maximum Gasteiger partial charge on any atom is 0.417 e. The van der Waals surface area contributed by atoms with E-state index in [1.165, 1.54) is 0 Å². The van der Waals surface area contributed by atoms with Crippen molar-refractivity contribution in [3.8, 4) is 11.8 Å². The van der Waals surface area contributed by atoms with Crippen LogP contribution in [0.15, 0.2) is 28.9 Å². The zero-order valence-electron chi connectivity index (χ0n) is 9.34. The van der Waals surface area contributed by atoms with Crippen molar-refractivity contribution < 1.29 is 35.5 Å². The second-order valence-corrected chi connectivity index (χ2v) is 3.55. The fourth-order valence-electron chi connectivity index (χ4n) is 1.40. The van der Waals surface area contributed by atoms with Crippen LogP contribution < -0.4 is 4.74 Å². The van der Waals surface area contributed by atoms with Gasteiger partial charge in [-0.3, -0.25) is 0 Å². The third-order valence-corrected chi connectivity index (χ3v) is 2.18. The molecule has 0 aliphatic rings. The van der Waals surface area contributed by atoms with E-state index in [0.717, 1.165) is 12.3 Å². The minimum absolute atomic E-state index is 0.229. The SMILES string of the molecule is FC(F)(F)c1ccc(Oc2n[c]co2)cc1C(F)(F)F. The lowest BCUT2D eigenvalue weighted by atomic mass is 10.1. The van der Waals surface area contributed by atoms with E-state index in [1.807, 2.05) is 0 Å². The van der Waals surface area contributed by atoms with Gasteiger partial charge in [0.25, 0.3) is 0 Å². The first-order valence-corrected chi connectivity index (χ1v) is 4.96. The van der Waals surface area contributed by atoms with Crippen molar-refractivity contribution in [1.82, 2.24) is 4.98 Å². The highest BCUT2D eigenvalue weighted by Gasteiger charge is 2.43. The molecule has 9 heteroatoms. The summed E-state index contributed by atoms with van der Waals surface area (Å²) in [6, 6.07) is 1.25. The fourth-order valence-corrected chi connectivity index (χ4v) is 1.40. The smallest absolute Gasteiger partial charge is 0.417 e. The third kappa shape index (κ3) is 3.03. The molecule has 0 N–H and O–H groups in total. The molecule has 107 valence electrons. The van der Waals surface area contributed by atoms with Gasteiger partial charge >= 0.3 is 18.4 Å². The van der Waals surface area contributed by atoms with Crippen LogP contribution in [0.25, 0.3) is 0 Å². The number of hydrogen-bond acceptors (Lipinski definition) is 3. The highest BCUT2D eigenvalue weighted by molar-refractivity contribution is 5.39. The van der Waals surface area contributed by atoms with E-state index in [0.29, 0.717) is 0 Å². The molecule has 0 atom stereocenters. The maximum atomic E-state index is 12.6. The topological polar surface area (TPSA) is 35.3 Å². The van der Waals surface area contributed by atoms with Gasteiger partial charge in [0.2, 0.25) is 0 Å². The zero-order valence-corrected chi connectivity index (χ0v) is 9.34. The van der Waals surface area contributed by atoms with Crippen LogP contribution in [-0.4, -0.2) is 4.98 Å². The second-order valence-electron chi connectivity index (χ2n) is 3.55. The summed E-state index contributed by atoms with van der Waals surface area (Å²) in [5.74, 6) is -0.485. The van der Waals surface area contributed by atoms with Gasteiger partial charge in [-0.2, -0.15) is 31.3 Å². The monoisotopic (exact) mass is 296 g/mol. The van der Waals surface area contributed by atoms with Gasteiger partial charge in [-0.25, -0.2) is 0 Å². The first-order valence-electron chi connectivity index (χ1n) is 4.96. The normalized spacial score (nSPS) is 12.5. The Bertz CT molecular complexity index is 588. The van der Waals surface area contributed by atoms with Crippen molar-refractivity contribution in [3.63, 3.8) is 0 Å². The van der Waals surface area contributed by atoms with E-state index in [1.54, 1.807) is 0 Å². The second kappa shape index (κ2) is 4.73. The molecule has 0 aliphatic carbocycles. The molecule has 0 fully saturated rings. The number of halogens is 6. The highest BCUT2D eigenvalue weighted by atomic mass is 19.4. The van der Waals surface area contributed by atoms with Gasteiger partial charge in [0.1, 0.15) is 18.2 Å². The first kappa shape index (κ1) is 14.2. The summed E-state index contributed by atoms with van der Waals surface area (Å²) in [6.45, 7) is 0. The van der Waals surface area contributed by atoms with Gasteiger partial charge in [-0.15, -0.1) is 0 Å². The van der Waals surface area contributed by atoms with Crippen LogP contribution in [-0.2, 0) is 12.4 Å². The van der Waals surface area contributed by atoms with Gasteiger partial charge < -0.3 is 9.15 Å². The molecular formula is C11H4F6NO2. The van der Waals surface area contributed by atoms with E-state index in [-0.39, 0.29) is 12.1 Å². The molecule has 1 aromatic carbocycles. The van der Waals surface area contributed by atoms with Crippen molar-refractivity contribution in [2.75, 3.05) is 0 Å². The van der Waals surface area contributed by atoms with Crippen molar-refractivity contribution in [2.45, 2.75) is 12.4 Å². The summed E-state index contributed by atoms with van der Waals surface area (Å²) in [6.07, 6.45) is -7.57.